The number of rotatable bonds is 10. The first-order valence-corrected chi connectivity index (χ1v) is 10.7. The third-order valence-corrected chi connectivity index (χ3v) is 5.42. The van der Waals surface area contributed by atoms with Gasteiger partial charge in [0, 0.05) is 17.6 Å². The lowest BCUT2D eigenvalue weighted by atomic mass is 10.1. The van der Waals surface area contributed by atoms with Crippen LogP contribution in [0.15, 0.2) is 48.5 Å². The van der Waals surface area contributed by atoms with Crippen LogP contribution in [0.4, 0.5) is 0 Å². The molecule has 0 unspecified atom stereocenters. The van der Waals surface area contributed by atoms with Crippen molar-refractivity contribution >= 4 is 23.4 Å². The minimum Gasteiger partial charge on any atom is -0.497 e. The molecule has 0 aromatic heterocycles. The van der Waals surface area contributed by atoms with Crippen molar-refractivity contribution < 1.29 is 14.3 Å². The van der Waals surface area contributed by atoms with Gasteiger partial charge in [0.2, 0.25) is 11.8 Å². The van der Waals surface area contributed by atoms with Crippen LogP contribution in [0.1, 0.15) is 44.7 Å². The molecule has 162 valence electrons. The number of nitrogens with one attached hydrogen (secondary N) is 1. The largest absolute Gasteiger partial charge is 0.497 e. The maximum absolute atomic E-state index is 13.3. The second-order valence-corrected chi connectivity index (χ2v) is 7.85. The lowest BCUT2D eigenvalue weighted by Gasteiger charge is -2.31. The minimum atomic E-state index is -0.541. The number of nitrogens with zero attached hydrogens (tertiary/aromatic N) is 1. The van der Waals surface area contributed by atoms with Crippen LogP contribution in [0, 0.1) is 0 Å². The summed E-state index contributed by atoms with van der Waals surface area (Å²) in [5.41, 5.74) is 1.80. The van der Waals surface area contributed by atoms with Crippen molar-refractivity contribution in [2.45, 2.75) is 58.7 Å². The Balaban J connectivity index is 2.27. The fourth-order valence-corrected chi connectivity index (χ4v) is 3.29. The molecule has 0 radical (unpaired) electrons. The zero-order chi connectivity index (χ0) is 22.1. The summed E-state index contributed by atoms with van der Waals surface area (Å²) in [5.74, 6) is 0.531. The first-order chi connectivity index (χ1) is 14.4. The third-order valence-electron chi connectivity index (χ3n) is 5.17. The Labute approximate surface area is 184 Å². The summed E-state index contributed by atoms with van der Waals surface area (Å²) in [7, 11) is 1.61. The highest BCUT2D eigenvalue weighted by Crippen LogP contribution is 2.18. The topological polar surface area (TPSA) is 58.6 Å². The lowest BCUT2D eigenvalue weighted by molar-refractivity contribution is -0.141. The van der Waals surface area contributed by atoms with Gasteiger partial charge < -0.3 is 15.0 Å². The summed E-state index contributed by atoms with van der Waals surface area (Å²) < 4.78 is 5.22. The molecule has 0 heterocycles. The summed E-state index contributed by atoms with van der Waals surface area (Å²) in [4.78, 5) is 27.9. The van der Waals surface area contributed by atoms with E-state index in [4.69, 9.17) is 16.3 Å². The van der Waals surface area contributed by atoms with Crippen LogP contribution in [0.25, 0.3) is 0 Å². The van der Waals surface area contributed by atoms with E-state index in [-0.39, 0.29) is 24.3 Å². The van der Waals surface area contributed by atoms with Gasteiger partial charge in [-0.1, -0.05) is 49.7 Å². The Morgan fingerprint density at radius 2 is 1.60 bits per heavy atom. The SMILES string of the molecule is CC[C@H](C(=O)N[C@@H](C)CC)N(Cc1ccc(OC)cc1)C(=O)Cc1ccc(Cl)cc1. The van der Waals surface area contributed by atoms with Gasteiger partial charge in [-0.15, -0.1) is 0 Å². The maximum atomic E-state index is 13.3. The van der Waals surface area contributed by atoms with Crippen molar-refractivity contribution in [1.82, 2.24) is 10.2 Å². The van der Waals surface area contributed by atoms with Crippen molar-refractivity contribution in [2.75, 3.05) is 7.11 Å². The number of ether oxygens (including phenoxy) is 1. The number of hydrogen-bond acceptors (Lipinski definition) is 3. The van der Waals surface area contributed by atoms with Gasteiger partial charge in [-0.3, -0.25) is 9.59 Å². The van der Waals surface area contributed by atoms with Crippen LogP contribution in [0.2, 0.25) is 5.02 Å². The normalized spacial score (nSPS) is 12.7. The molecule has 2 atom stereocenters. The van der Waals surface area contributed by atoms with E-state index in [1.165, 1.54) is 0 Å². The van der Waals surface area contributed by atoms with Gasteiger partial charge in [0.05, 0.1) is 13.5 Å². The predicted molar refractivity (Wildman–Crippen MR) is 121 cm³/mol. The fourth-order valence-electron chi connectivity index (χ4n) is 3.17. The monoisotopic (exact) mass is 430 g/mol. The first-order valence-electron chi connectivity index (χ1n) is 10.3. The molecule has 5 nitrogen and oxygen atoms in total. The molecule has 2 aromatic rings. The molecule has 2 rings (SSSR count). The highest BCUT2D eigenvalue weighted by Gasteiger charge is 2.29. The van der Waals surface area contributed by atoms with E-state index < -0.39 is 6.04 Å². The van der Waals surface area contributed by atoms with Gasteiger partial charge >= 0.3 is 0 Å². The van der Waals surface area contributed by atoms with E-state index in [9.17, 15) is 9.59 Å². The van der Waals surface area contributed by atoms with Crippen LogP contribution < -0.4 is 10.1 Å². The van der Waals surface area contributed by atoms with E-state index in [1.807, 2.05) is 57.2 Å². The van der Waals surface area contributed by atoms with E-state index >= 15 is 0 Å². The second kappa shape index (κ2) is 11.6. The average molecular weight is 431 g/mol. The van der Waals surface area contributed by atoms with E-state index in [2.05, 4.69) is 5.32 Å². The number of halogens is 1. The fraction of sp³-hybridized carbons (Fsp3) is 0.417. The molecule has 0 aliphatic rings. The third kappa shape index (κ3) is 6.77. The zero-order valence-corrected chi connectivity index (χ0v) is 18.9. The van der Waals surface area contributed by atoms with Gasteiger partial charge in [-0.05, 0) is 55.2 Å². The molecule has 1 N–H and O–H groups in total. The molecule has 0 spiro atoms. The zero-order valence-electron chi connectivity index (χ0n) is 18.2. The van der Waals surface area contributed by atoms with Crippen LogP contribution in [-0.2, 0) is 22.6 Å². The Kier molecular flexibility index (Phi) is 9.18. The quantitative estimate of drug-likeness (QED) is 0.598. The van der Waals surface area contributed by atoms with Crippen LogP contribution in [0.3, 0.4) is 0 Å². The predicted octanol–water partition coefficient (Wildman–Crippen LogP) is 4.61. The van der Waals surface area contributed by atoms with Crippen molar-refractivity contribution in [2.24, 2.45) is 0 Å². The Morgan fingerprint density at radius 3 is 2.13 bits per heavy atom. The molecule has 0 saturated heterocycles. The van der Waals surface area contributed by atoms with Gasteiger partial charge in [-0.25, -0.2) is 0 Å². The molecule has 0 saturated carbocycles. The van der Waals surface area contributed by atoms with Gasteiger partial charge in [0.25, 0.3) is 0 Å². The molecular weight excluding hydrogens is 400 g/mol. The average Bonchev–Trinajstić information content (AvgIpc) is 2.75. The molecule has 0 aliphatic heterocycles. The van der Waals surface area contributed by atoms with Crippen LogP contribution in [-0.4, -0.2) is 35.9 Å². The minimum absolute atomic E-state index is 0.0563. The Morgan fingerprint density at radius 1 is 1.00 bits per heavy atom. The summed E-state index contributed by atoms with van der Waals surface area (Å²) >= 11 is 5.96. The van der Waals surface area contributed by atoms with Crippen LogP contribution >= 0.6 is 11.6 Å². The van der Waals surface area contributed by atoms with E-state index in [0.717, 1.165) is 23.3 Å². The van der Waals surface area contributed by atoms with Gasteiger partial charge in [0.15, 0.2) is 0 Å². The van der Waals surface area contributed by atoms with E-state index in [0.29, 0.717) is 18.0 Å². The van der Waals surface area contributed by atoms with Gasteiger partial charge in [0.1, 0.15) is 11.8 Å². The van der Waals surface area contributed by atoms with E-state index in [1.54, 1.807) is 24.1 Å². The lowest BCUT2D eigenvalue weighted by Crippen LogP contribution is -2.51. The number of amides is 2. The van der Waals surface area contributed by atoms with Crippen molar-refractivity contribution in [3.63, 3.8) is 0 Å². The summed E-state index contributed by atoms with van der Waals surface area (Å²) in [5, 5.41) is 3.65. The van der Waals surface area contributed by atoms with Crippen molar-refractivity contribution in [1.29, 1.82) is 0 Å². The molecular formula is C24H31ClN2O3. The molecule has 0 fully saturated rings. The maximum Gasteiger partial charge on any atom is 0.243 e. The Hall–Kier alpha value is -2.53. The number of benzene rings is 2. The van der Waals surface area contributed by atoms with Crippen molar-refractivity contribution in [3.8, 4) is 5.75 Å². The summed E-state index contributed by atoms with van der Waals surface area (Å²) in [6.45, 7) is 6.26. The molecule has 0 bridgehead atoms. The molecule has 6 heteroatoms. The van der Waals surface area contributed by atoms with Gasteiger partial charge in [-0.2, -0.15) is 0 Å². The molecule has 0 aliphatic carbocycles. The second-order valence-electron chi connectivity index (χ2n) is 7.41. The number of carbonyl (C=O) groups is 2. The number of hydrogen-bond donors (Lipinski definition) is 1. The number of methoxy groups -OCH3 is 1. The standard InChI is InChI=1S/C24H31ClN2O3/c1-5-17(3)26-24(29)22(6-2)27(16-19-9-13-21(30-4)14-10-19)23(28)15-18-7-11-20(25)12-8-18/h7-14,17,22H,5-6,15-16H2,1-4H3,(H,26,29)/t17-,22+/m0/s1. The Bertz CT molecular complexity index is 821. The number of carbonyl (C=O) groups excluding carboxylic acids is 2. The molecule has 2 amide bonds. The summed E-state index contributed by atoms with van der Waals surface area (Å²) in [6.07, 6.45) is 1.57. The summed E-state index contributed by atoms with van der Waals surface area (Å²) in [6, 6.07) is 14.3. The van der Waals surface area contributed by atoms with Crippen molar-refractivity contribution in [3.05, 3.63) is 64.7 Å². The van der Waals surface area contributed by atoms with Crippen LogP contribution in [0.5, 0.6) is 5.75 Å². The molecule has 2 aromatic carbocycles. The molecule has 30 heavy (non-hydrogen) atoms. The smallest absolute Gasteiger partial charge is 0.243 e. The first kappa shape index (κ1) is 23.7. The highest BCUT2D eigenvalue weighted by molar-refractivity contribution is 6.30. The highest BCUT2D eigenvalue weighted by atomic mass is 35.5.